The monoisotopic (exact) mass is 548 g/mol. The molecule has 0 fully saturated rings. The molecule has 4 aromatic rings. The summed E-state index contributed by atoms with van der Waals surface area (Å²) in [5, 5.41) is 7.05. The third-order valence-corrected chi connectivity index (χ3v) is 6.34. The molecule has 0 heterocycles. The van der Waals surface area contributed by atoms with Crippen molar-refractivity contribution in [3.8, 4) is 22.6 Å². The van der Waals surface area contributed by atoms with E-state index in [9.17, 15) is 9.59 Å². The van der Waals surface area contributed by atoms with Crippen molar-refractivity contribution in [1.82, 2.24) is 0 Å². The number of carbonyl (C=O) groups is 2. The first-order valence-corrected chi connectivity index (χ1v) is 12.5. The second kappa shape index (κ2) is 12.5. The highest BCUT2D eigenvalue weighted by atomic mass is 35.5. The molecule has 194 valence electrons. The predicted molar refractivity (Wildman–Crippen MR) is 153 cm³/mol. The quantitative estimate of drug-likeness (QED) is 0.235. The number of nitrogens with one attached hydrogen (secondary N) is 2. The number of benzene rings is 4. The minimum Gasteiger partial charge on any atom is -0.495 e. The van der Waals surface area contributed by atoms with E-state index in [0.29, 0.717) is 32.9 Å². The van der Waals surface area contributed by atoms with Crippen LogP contribution in [0.15, 0.2) is 84.9 Å². The van der Waals surface area contributed by atoms with Crippen molar-refractivity contribution in [2.45, 2.75) is 12.8 Å². The molecular weight excluding hydrogens is 523 g/mol. The number of amides is 2. The largest absolute Gasteiger partial charge is 0.495 e. The van der Waals surface area contributed by atoms with Gasteiger partial charge in [-0.25, -0.2) is 0 Å². The highest BCUT2D eigenvalue weighted by molar-refractivity contribution is 6.30. The van der Waals surface area contributed by atoms with Gasteiger partial charge in [-0.1, -0.05) is 59.6 Å². The molecule has 4 aromatic carbocycles. The van der Waals surface area contributed by atoms with E-state index >= 15 is 0 Å². The lowest BCUT2D eigenvalue weighted by molar-refractivity contribution is -0.116. The van der Waals surface area contributed by atoms with Crippen LogP contribution < -0.4 is 20.1 Å². The zero-order valence-corrected chi connectivity index (χ0v) is 22.4. The van der Waals surface area contributed by atoms with Crippen LogP contribution in [0.4, 0.5) is 11.4 Å². The zero-order chi connectivity index (χ0) is 27.1. The van der Waals surface area contributed by atoms with Gasteiger partial charge in [0.25, 0.3) is 0 Å². The van der Waals surface area contributed by atoms with E-state index in [1.807, 2.05) is 48.5 Å². The van der Waals surface area contributed by atoms with E-state index in [4.69, 9.17) is 32.7 Å². The van der Waals surface area contributed by atoms with Crippen molar-refractivity contribution >= 4 is 46.4 Å². The first kappa shape index (κ1) is 27.0. The van der Waals surface area contributed by atoms with Crippen LogP contribution in [0.3, 0.4) is 0 Å². The second-order valence-corrected chi connectivity index (χ2v) is 9.41. The Kier molecular flexibility index (Phi) is 8.89. The van der Waals surface area contributed by atoms with E-state index in [-0.39, 0.29) is 24.7 Å². The first-order chi connectivity index (χ1) is 18.3. The minimum atomic E-state index is -0.168. The Balaban J connectivity index is 1.46. The molecule has 0 saturated heterocycles. The van der Waals surface area contributed by atoms with Gasteiger partial charge in [-0.15, -0.1) is 0 Å². The van der Waals surface area contributed by atoms with Crippen LogP contribution in [0.25, 0.3) is 11.1 Å². The van der Waals surface area contributed by atoms with Gasteiger partial charge >= 0.3 is 0 Å². The Morgan fingerprint density at radius 3 is 1.32 bits per heavy atom. The van der Waals surface area contributed by atoms with Gasteiger partial charge in [0.05, 0.1) is 38.4 Å². The number of ether oxygens (including phenoxy) is 2. The number of methoxy groups -OCH3 is 2. The van der Waals surface area contributed by atoms with Gasteiger partial charge in [-0.05, 0) is 70.8 Å². The third-order valence-electron chi connectivity index (χ3n) is 5.84. The van der Waals surface area contributed by atoms with Crippen LogP contribution in [0, 0.1) is 0 Å². The predicted octanol–water partition coefficient (Wildman–Crippen LogP) is 7.04. The van der Waals surface area contributed by atoms with Gasteiger partial charge < -0.3 is 20.1 Å². The van der Waals surface area contributed by atoms with Gasteiger partial charge in [-0.3, -0.25) is 9.59 Å². The molecule has 0 radical (unpaired) electrons. The topological polar surface area (TPSA) is 76.7 Å². The van der Waals surface area contributed by atoms with Gasteiger partial charge in [0.2, 0.25) is 11.8 Å². The normalized spacial score (nSPS) is 10.5. The molecule has 38 heavy (non-hydrogen) atoms. The summed E-state index contributed by atoms with van der Waals surface area (Å²) in [6.45, 7) is 0. The van der Waals surface area contributed by atoms with E-state index < -0.39 is 0 Å². The number of hydrogen-bond donors (Lipinski definition) is 2. The average Bonchev–Trinajstić information content (AvgIpc) is 2.91. The molecule has 8 heteroatoms. The summed E-state index contributed by atoms with van der Waals surface area (Å²) in [4.78, 5) is 25.1. The van der Waals surface area contributed by atoms with Crippen molar-refractivity contribution in [3.05, 3.63) is 106 Å². The van der Waals surface area contributed by atoms with E-state index in [2.05, 4.69) is 10.6 Å². The maximum absolute atomic E-state index is 12.6. The summed E-state index contributed by atoms with van der Waals surface area (Å²) in [7, 11) is 3.10. The van der Waals surface area contributed by atoms with Crippen LogP contribution in [-0.2, 0) is 22.4 Å². The van der Waals surface area contributed by atoms with E-state index in [0.717, 1.165) is 22.3 Å². The molecule has 2 N–H and O–H groups in total. The van der Waals surface area contributed by atoms with E-state index in [1.54, 1.807) is 50.6 Å². The summed E-state index contributed by atoms with van der Waals surface area (Å²) >= 11 is 11.8. The van der Waals surface area contributed by atoms with Gasteiger partial charge in [0.1, 0.15) is 11.5 Å². The molecule has 0 aromatic heterocycles. The van der Waals surface area contributed by atoms with Crippen molar-refractivity contribution < 1.29 is 19.1 Å². The summed E-state index contributed by atoms with van der Waals surface area (Å²) in [6.07, 6.45) is 0.426. The molecule has 0 aliphatic rings. The number of hydrogen-bond acceptors (Lipinski definition) is 4. The lowest BCUT2D eigenvalue weighted by Gasteiger charge is -2.15. The lowest BCUT2D eigenvalue weighted by Crippen LogP contribution is -2.15. The second-order valence-electron chi connectivity index (χ2n) is 8.53. The molecule has 0 spiro atoms. The number of anilines is 2. The molecular formula is C30H26Cl2N2O4. The summed E-state index contributed by atoms with van der Waals surface area (Å²) < 4.78 is 11.1. The number of halogens is 2. The molecule has 0 bridgehead atoms. The lowest BCUT2D eigenvalue weighted by atomic mass is 10.0. The Hall–Kier alpha value is -4.00. The zero-order valence-electron chi connectivity index (χ0n) is 20.9. The van der Waals surface area contributed by atoms with Gasteiger partial charge in [-0.2, -0.15) is 0 Å². The Morgan fingerprint density at radius 2 is 0.974 bits per heavy atom. The summed E-state index contributed by atoms with van der Waals surface area (Å²) in [6, 6.07) is 25.3. The van der Waals surface area contributed by atoms with Crippen LogP contribution in [-0.4, -0.2) is 26.0 Å². The molecule has 2 amide bonds. The summed E-state index contributed by atoms with van der Waals surface area (Å²) in [5.41, 5.74) is 4.55. The van der Waals surface area contributed by atoms with Crippen molar-refractivity contribution in [3.63, 3.8) is 0 Å². The van der Waals surface area contributed by atoms with Crippen molar-refractivity contribution in [2.24, 2.45) is 0 Å². The highest BCUT2D eigenvalue weighted by Gasteiger charge is 2.13. The van der Waals surface area contributed by atoms with Crippen molar-refractivity contribution in [1.29, 1.82) is 0 Å². The molecule has 6 nitrogen and oxygen atoms in total. The highest BCUT2D eigenvalue weighted by Crippen LogP contribution is 2.35. The fraction of sp³-hybridized carbons (Fsp3) is 0.133. The average molecular weight is 549 g/mol. The maximum Gasteiger partial charge on any atom is 0.228 e. The van der Waals surface area contributed by atoms with Gasteiger partial charge in [0.15, 0.2) is 0 Å². The molecule has 0 saturated carbocycles. The van der Waals surface area contributed by atoms with Crippen LogP contribution in [0.2, 0.25) is 10.0 Å². The molecule has 0 aliphatic carbocycles. The van der Waals surface area contributed by atoms with Crippen LogP contribution in [0.5, 0.6) is 11.5 Å². The van der Waals surface area contributed by atoms with Gasteiger partial charge in [0, 0.05) is 10.0 Å². The smallest absolute Gasteiger partial charge is 0.228 e. The molecule has 4 rings (SSSR count). The van der Waals surface area contributed by atoms with Crippen molar-refractivity contribution in [2.75, 3.05) is 24.9 Å². The molecule has 0 aliphatic heterocycles. The van der Waals surface area contributed by atoms with Crippen LogP contribution in [0.1, 0.15) is 11.1 Å². The standard InChI is InChI=1S/C30H26Cl2N2O4/c1-37-27-17-21(7-13-25(27)33-29(35)15-19-3-9-23(31)10-4-19)22-8-14-26(28(18-22)38-2)34-30(36)16-20-5-11-24(32)12-6-20/h3-14,17-18H,15-16H2,1-2H3,(H,33,35)(H,34,36). The van der Waals surface area contributed by atoms with E-state index in [1.165, 1.54) is 0 Å². The minimum absolute atomic E-state index is 0.168. The fourth-order valence-corrected chi connectivity index (χ4v) is 4.16. The fourth-order valence-electron chi connectivity index (χ4n) is 3.91. The SMILES string of the molecule is COc1cc(-c2ccc(NC(=O)Cc3ccc(Cl)cc3)c(OC)c2)ccc1NC(=O)Cc1ccc(Cl)cc1. The summed E-state index contributed by atoms with van der Waals surface area (Å²) in [5.74, 6) is 0.704. The van der Waals surface area contributed by atoms with Crippen LogP contribution >= 0.6 is 23.2 Å². The Labute approximate surface area is 231 Å². The Bertz CT molecular complexity index is 1330. The number of rotatable bonds is 9. The third kappa shape index (κ3) is 7.06. The molecule has 0 atom stereocenters. The first-order valence-electron chi connectivity index (χ1n) is 11.8. The molecule has 0 unspecified atom stereocenters. The maximum atomic E-state index is 12.6. The Morgan fingerprint density at radius 1 is 0.605 bits per heavy atom. The number of carbonyl (C=O) groups excluding carboxylic acids is 2.